The molecule has 1 atom stereocenters. The van der Waals surface area contributed by atoms with Crippen LogP contribution < -0.4 is 5.32 Å². The molecule has 2 N–H and O–H groups in total. The molecule has 0 saturated heterocycles. The standard InChI is InChI=1S/C11H15NO3S/c1-2-12-10(13)6-5-8(11(14)15)9-4-3-7-16-9/h3-4,7-8H,2,5-6H2,1H3,(H,12,13)(H,14,15). The van der Waals surface area contributed by atoms with Crippen LogP contribution in [0, 0.1) is 0 Å². The normalized spacial score (nSPS) is 12.1. The average Bonchev–Trinajstić information content (AvgIpc) is 2.71. The van der Waals surface area contributed by atoms with Crippen LogP contribution >= 0.6 is 11.3 Å². The summed E-state index contributed by atoms with van der Waals surface area (Å²) in [5, 5.41) is 13.6. The Morgan fingerprint density at radius 2 is 2.31 bits per heavy atom. The Morgan fingerprint density at radius 3 is 2.81 bits per heavy atom. The highest BCUT2D eigenvalue weighted by atomic mass is 32.1. The molecule has 1 aromatic heterocycles. The Hall–Kier alpha value is -1.36. The van der Waals surface area contributed by atoms with Gasteiger partial charge in [0.2, 0.25) is 5.91 Å². The van der Waals surface area contributed by atoms with E-state index < -0.39 is 11.9 Å². The molecule has 1 unspecified atom stereocenters. The summed E-state index contributed by atoms with van der Waals surface area (Å²) in [6, 6.07) is 3.61. The molecule has 0 saturated carbocycles. The highest BCUT2D eigenvalue weighted by Gasteiger charge is 2.21. The molecular weight excluding hydrogens is 226 g/mol. The van der Waals surface area contributed by atoms with Gasteiger partial charge in [0, 0.05) is 17.8 Å². The third-order valence-corrected chi connectivity index (χ3v) is 3.20. The molecule has 0 spiro atoms. The van der Waals surface area contributed by atoms with E-state index >= 15 is 0 Å². The molecule has 0 aliphatic carbocycles. The second-order valence-corrected chi connectivity index (χ2v) is 4.38. The SMILES string of the molecule is CCNC(=O)CCC(C(=O)O)c1cccs1. The van der Waals surface area contributed by atoms with Crippen LogP contribution in [0.25, 0.3) is 0 Å². The first-order valence-corrected chi connectivity index (χ1v) is 6.06. The third kappa shape index (κ3) is 3.66. The molecule has 5 heteroatoms. The highest BCUT2D eigenvalue weighted by Crippen LogP contribution is 2.25. The van der Waals surface area contributed by atoms with Gasteiger partial charge >= 0.3 is 5.97 Å². The molecule has 0 radical (unpaired) electrons. The summed E-state index contributed by atoms with van der Waals surface area (Å²) < 4.78 is 0. The Balaban J connectivity index is 2.54. The zero-order valence-corrected chi connectivity index (χ0v) is 9.92. The van der Waals surface area contributed by atoms with Gasteiger partial charge in [-0.05, 0) is 24.8 Å². The minimum absolute atomic E-state index is 0.0923. The van der Waals surface area contributed by atoms with Gasteiger partial charge in [0.05, 0.1) is 5.92 Å². The van der Waals surface area contributed by atoms with Gasteiger partial charge in [0.25, 0.3) is 0 Å². The van der Waals surface area contributed by atoms with Crippen molar-refractivity contribution >= 4 is 23.2 Å². The lowest BCUT2D eigenvalue weighted by molar-refractivity contribution is -0.139. The molecule has 0 aromatic carbocycles. The molecule has 4 nitrogen and oxygen atoms in total. The Morgan fingerprint density at radius 1 is 1.56 bits per heavy atom. The van der Waals surface area contributed by atoms with E-state index in [1.165, 1.54) is 11.3 Å². The number of rotatable bonds is 6. The molecule has 88 valence electrons. The van der Waals surface area contributed by atoms with Crippen LogP contribution in [0.3, 0.4) is 0 Å². The van der Waals surface area contributed by atoms with Crippen molar-refractivity contribution < 1.29 is 14.7 Å². The number of carboxylic acids is 1. The maximum Gasteiger partial charge on any atom is 0.311 e. The maximum atomic E-state index is 11.2. The van der Waals surface area contributed by atoms with Crippen LogP contribution in [0.1, 0.15) is 30.6 Å². The Kier molecular flexibility index (Phi) is 4.98. The number of amides is 1. The Bertz CT molecular complexity index is 348. The zero-order chi connectivity index (χ0) is 12.0. The van der Waals surface area contributed by atoms with Crippen LogP contribution in [0.2, 0.25) is 0 Å². The van der Waals surface area contributed by atoms with E-state index in [0.29, 0.717) is 13.0 Å². The number of carboxylic acid groups (broad SMARTS) is 1. The van der Waals surface area contributed by atoms with Crippen molar-refractivity contribution in [3.8, 4) is 0 Å². The predicted molar refractivity (Wildman–Crippen MR) is 62.6 cm³/mol. The van der Waals surface area contributed by atoms with Crippen molar-refractivity contribution in [2.45, 2.75) is 25.7 Å². The van der Waals surface area contributed by atoms with E-state index in [2.05, 4.69) is 5.32 Å². The lowest BCUT2D eigenvalue weighted by atomic mass is 10.0. The summed E-state index contributed by atoms with van der Waals surface area (Å²) in [5.41, 5.74) is 0. The van der Waals surface area contributed by atoms with Gasteiger partial charge < -0.3 is 10.4 Å². The van der Waals surface area contributed by atoms with Crippen molar-refractivity contribution in [3.63, 3.8) is 0 Å². The fourth-order valence-corrected chi connectivity index (χ4v) is 2.29. The molecule has 0 bridgehead atoms. The fourth-order valence-electron chi connectivity index (χ4n) is 1.44. The number of aliphatic carboxylic acids is 1. The topological polar surface area (TPSA) is 66.4 Å². The van der Waals surface area contributed by atoms with Crippen LogP contribution in [0.4, 0.5) is 0 Å². The summed E-state index contributed by atoms with van der Waals surface area (Å²) >= 11 is 1.41. The van der Waals surface area contributed by atoms with Crippen LogP contribution in [0.15, 0.2) is 17.5 Å². The predicted octanol–water partition coefficient (Wildman–Crippen LogP) is 1.83. The van der Waals surface area contributed by atoms with E-state index in [4.69, 9.17) is 5.11 Å². The van der Waals surface area contributed by atoms with E-state index in [9.17, 15) is 9.59 Å². The maximum absolute atomic E-state index is 11.2. The van der Waals surface area contributed by atoms with E-state index in [1.54, 1.807) is 6.07 Å². The van der Waals surface area contributed by atoms with E-state index in [-0.39, 0.29) is 12.3 Å². The van der Waals surface area contributed by atoms with Crippen molar-refractivity contribution in [2.75, 3.05) is 6.54 Å². The number of carbonyl (C=O) groups is 2. The fraction of sp³-hybridized carbons (Fsp3) is 0.455. The number of hydrogen-bond donors (Lipinski definition) is 2. The van der Waals surface area contributed by atoms with Gasteiger partial charge in [-0.1, -0.05) is 6.07 Å². The molecule has 0 aliphatic heterocycles. The van der Waals surface area contributed by atoms with Gasteiger partial charge in [-0.3, -0.25) is 9.59 Å². The zero-order valence-electron chi connectivity index (χ0n) is 9.10. The van der Waals surface area contributed by atoms with Crippen LogP contribution in [0.5, 0.6) is 0 Å². The number of thiophene rings is 1. The second kappa shape index (κ2) is 6.27. The molecule has 1 aromatic rings. The molecule has 0 aliphatic rings. The smallest absolute Gasteiger partial charge is 0.311 e. The van der Waals surface area contributed by atoms with Crippen LogP contribution in [-0.4, -0.2) is 23.5 Å². The summed E-state index contributed by atoms with van der Waals surface area (Å²) in [6.07, 6.45) is 0.602. The lowest BCUT2D eigenvalue weighted by Gasteiger charge is -2.09. The summed E-state index contributed by atoms with van der Waals surface area (Å²) in [7, 11) is 0. The van der Waals surface area contributed by atoms with Crippen molar-refractivity contribution in [1.82, 2.24) is 5.32 Å². The number of hydrogen-bond acceptors (Lipinski definition) is 3. The summed E-state index contributed by atoms with van der Waals surface area (Å²) in [6.45, 7) is 2.42. The summed E-state index contributed by atoms with van der Waals surface area (Å²) in [4.78, 5) is 23.1. The molecule has 1 heterocycles. The number of carbonyl (C=O) groups excluding carboxylic acids is 1. The minimum Gasteiger partial charge on any atom is -0.481 e. The lowest BCUT2D eigenvalue weighted by Crippen LogP contribution is -2.23. The van der Waals surface area contributed by atoms with E-state index in [0.717, 1.165) is 4.88 Å². The van der Waals surface area contributed by atoms with Crippen molar-refractivity contribution in [2.24, 2.45) is 0 Å². The molecule has 0 fully saturated rings. The van der Waals surface area contributed by atoms with Gasteiger partial charge in [-0.15, -0.1) is 11.3 Å². The van der Waals surface area contributed by atoms with Crippen molar-refractivity contribution in [1.29, 1.82) is 0 Å². The average molecular weight is 241 g/mol. The largest absolute Gasteiger partial charge is 0.481 e. The van der Waals surface area contributed by atoms with E-state index in [1.807, 2.05) is 18.4 Å². The van der Waals surface area contributed by atoms with Crippen molar-refractivity contribution in [3.05, 3.63) is 22.4 Å². The van der Waals surface area contributed by atoms with Gasteiger partial charge in [-0.25, -0.2) is 0 Å². The first-order chi connectivity index (χ1) is 7.65. The van der Waals surface area contributed by atoms with Gasteiger partial charge in [0.15, 0.2) is 0 Å². The molecule has 1 amide bonds. The third-order valence-electron chi connectivity index (χ3n) is 2.22. The minimum atomic E-state index is -0.869. The monoisotopic (exact) mass is 241 g/mol. The van der Waals surface area contributed by atoms with Crippen LogP contribution in [-0.2, 0) is 9.59 Å². The highest BCUT2D eigenvalue weighted by molar-refractivity contribution is 7.10. The summed E-state index contributed by atoms with van der Waals surface area (Å²) in [5.74, 6) is -1.53. The molecular formula is C11H15NO3S. The Labute approximate surface area is 98.3 Å². The molecule has 16 heavy (non-hydrogen) atoms. The quantitative estimate of drug-likeness (QED) is 0.798. The molecule has 1 rings (SSSR count). The second-order valence-electron chi connectivity index (χ2n) is 3.40. The van der Waals surface area contributed by atoms with Gasteiger partial charge in [0.1, 0.15) is 0 Å². The van der Waals surface area contributed by atoms with Gasteiger partial charge in [-0.2, -0.15) is 0 Å². The first-order valence-electron chi connectivity index (χ1n) is 5.18. The number of nitrogens with one attached hydrogen (secondary N) is 1. The first kappa shape index (κ1) is 12.7.